The van der Waals surface area contributed by atoms with Gasteiger partial charge in [-0.15, -0.1) is 0 Å². The van der Waals surface area contributed by atoms with E-state index in [1.54, 1.807) is 19.2 Å². The molecule has 1 aromatic heterocycles. The lowest BCUT2D eigenvalue weighted by Gasteiger charge is -2.32. The van der Waals surface area contributed by atoms with Crippen LogP contribution in [-0.4, -0.2) is 33.3 Å². The second-order valence-corrected chi connectivity index (χ2v) is 6.22. The van der Waals surface area contributed by atoms with E-state index in [2.05, 4.69) is 7.05 Å². The Kier molecular flexibility index (Phi) is 3.69. The molecule has 6 nitrogen and oxygen atoms in total. The Morgan fingerprint density at radius 3 is 3.04 bits per heavy atom. The second-order valence-electron chi connectivity index (χ2n) is 6.22. The summed E-state index contributed by atoms with van der Waals surface area (Å²) >= 11 is 0. The highest BCUT2D eigenvalue weighted by Crippen LogP contribution is 2.47. The van der Waals surface area contributed by atoms with E-state index < -0.39 is 0 Å². The molecule has 1 N–H and O–H groups in total. The molecule has 24 heavy (non-hydrogen) atoms. The number of carbonyl (C=O) groups excluding carboxylic acids is 1. The number of likely N-dealkylation sites (N-methyl/N-ethyl adjacent to an activating group) is 1. The molecule has 1 aromatic carbocycles. The first-order chi connectivity index (χ1) is 11.7. The van der Waals surface area contributed by atoms with Gasteiger partial charge in [-0.2, -0.15) is 0 Å². The minimum absolute atomic E-state index is 0.00285. The van der Waals surface area contributed by atoms with Crippen molar-refractivity contribution in [1.29, 1.82) is 0 Å². The summed E-state index contributed by atoms with van der Waals surface area (Å²) in [6, 6.07) is 5.46. The fraction of sp³-hybridized carbons (Fsp3) is 0.389. The fourth-order valence-electron chi connectivity index (χ4n) is 3.62. The van der Waals surface area contributed by atoms with Crippen LogP contribution >= 0.6 is 0 Å². The smallest absolute Gasteiger partial charge is 0.231 e. The number of methoxy groups -OCH3 is 1. The van der Waals surface area contributed by atoms with Crippen molar-refractivity contribution in [3.63, 3.8) is 0 Å². The van der Waals surface area contributed by atoms with Crippen LogP contribution in [0, 0.1) is 0 Å². The van der Waals surface area contributed by atoms with Crippen molar-refractivity contribution in [2.75, 3.05) is 27.5 Å². The van der Waals surface area contributed by atoms with Gasteiger partial charge < -0.3 is 23.5 Å². The third-order valence-electron chi connectivity index (χ3n) is 4.87. The summed E-state index contributed by atoms with van der Waals surface area (Å²) in [6.45, 7) is 1.15. The van der Waals surface area contributed by atoms with Crippen molar-refractivity contribution in [2.24, 2.45) is 0 Å². The summed E-state index contributed by atoms with van der Waals surface area (Å²) in [7, 11) is 3.74. The van der Waals surface area contributed by atoms with Gasteiger partial charge in [0.25, 0.3) is 0 Å². The highest BCUT2D eigenvalue weighted by molar-refractivity contribution is 5.93. The predicted octanol–water partition coefficient (Wildman–Crippen LogP) is 1.40. The van der Waals surface area contributed by atoms with Crippen molar-refractivity contribution >= 4 is 5.78 Å². The molecule has 126 valence electrons. The van der Waals surface area contributed by atoms with Crippen LogP contribution in [0.1, 0.15) is 34.1 Å². The van der Waals surface area contributed by atoms with Crippen molar-refractivity contribution < 1.29 is 28.3 Å². The van der Waals surface area contributed by atoms with Crippen LogP contribution in [0.15, 0.2) is 28.9 Å². The van der Waals surface area contributed by atoms with Gasteiger partial charge in [0, 0.05) is 6.42 Å². The lowest BCUT2D eigenvalue weighted by molar-refractivity contribution is -0.913. The van der Waals surface area contributed by atoms with Gasteiger partial charge in [-0.1, -0.05) is 0 Å². The maximum atomic E-state index is 12.6. The lowest BCUT2D eigenvalue weighted by atomic mass is 9.88. The summed E-state index contributed by atoms with van der Waals surface area (Å²) in [6.07, 6.45) is 2.80. The zero-order valence-corrected chi connectivity index (χ0v) is 13.8. The third-order valence-corrected chi connectivity index (χ3v) is 4.87. The molecule has 0 aliphatic carbocycles. The standard InChI is InChI=1S/C18H19NO5/c1-19-6-5-11-8-15-17(24-10-23-15)18(21-2)16(11)12(19)9-13(20)14-4-3-7-22-14/h3-4,7-8,12H,5-6,9-10H2,1-2H3/p+1/t12-/m0/s1. The number of ether oxygens (including phenoxy) is 3. The molecule has 6 heteroatoms. The number of Topliss-reactive ketones (excluding diaryl/α,β-unsaturated/α-hetero) is 1. The summed E-state index contributed by atoms with van der Waals surface area (Å²) in [4.78, 5) is 13.8. The molecule has 4 rings (SSSR count). The Morgan fingerprint density at radius 1 is 1.42 bits per heavy atom. The Morgan fingerprint density at radius 2 is 2.29 bits per heavy atom. The fourth-order valence-corrected chi connectivity index (χ4v) is 3.62. The molecule has 0 saturated heterocycles. The van der Waals surface area contributed by atoms with Gasteiger partial charge in [-0.3, -0.25) is 4.79 Å². The first kappa shape index (κ1) is 15.1. The molecule has 3 heterocycles. The molecular weight excluding hydrogens is 310 g/mol. The molecule has 0 fully saturated rings. The van der Waals surface area contributed by atoms with Crippen molar-refractivity contribution in [1.82, 2.24) is 0 Å². The Labute approximate surface area is 139 Å². The molecule has 2 aromatic rings. The summed E-state index contributed by atoms with van der Waals surface area (Å²) in [5, 5.41) is 0. The van der Waals surface area contributed by atoms with Gasteiger partial charge in [0.1, 0.15) is 6.04 Å². The van der Waals surface area contributed by atoms with E-state index in [1.807, 2.05) is 6.07 Å². The number of hydrogen-bond acceptors (Lipinski definition) is 5. The van der Waals surface area contributed by atoms with Gasteiger partial charge in [0.15, 0.2) is 17.3 Å². The Bertz CT molecular complexity index is 768. The number of rotatable bonds is 4. The third kappa shape index (κ3) is 2.34. The molecule has 2 aliphatic rings. The zero-order chi connectivity index (χ0) is 16.7. The predicted molar refractivity (Wildman–Crippen MR) is 85.0 cm³/mol. The molecule has 0 spiro atoms. The quantitative estimate of drug-likeness (QED) is 0.859. The normalized spacial score (nSPS) is 21.4. The van der Waals surface area contributed by atoms with Crippen LogP contribution in [0.25, 0.3) is 0 Å². The monoisotopic (exact) mass is 330 g/mol. The Hall–Kier alpha value is -2.47. The SMILES string of the molecule is COc1c2c(cc3c1[C@H](CC(=O)c1ccco1)[NH+](C)CC3)OCO2. The molecule has 0 saturated carbocycles. The van der Waals surface area contributed by atoms with Gasteiger partial charge in [-0.25, -0.2) is 0 Å². The minimum Gasteiger partial charge on any atom is -0.492 e. The van der Waals surface area contributed by atoms with Crippen LogP contribution in [0.3, 0.4) is 0 Å². The van der Waals surface area contributed by atoms with Gasteiger partial charge in [-0.05, 0) is 23.8 Å². The topological polar surface area (TPSA) is 62.3 Å². The zero-order valence-electron chi connectivity index (χ0n) is 13.8. The van der Waals surface area contributed by atoms with E-state index in [1.165, 1.54) is 16.7 Å². The van der Waals surface area contributed by atoms with Crippen LogP contribution in [0.5, 0.6) is 17.2 Å². The molecule has 2 atom stereocenters. The number of fused-ring (bicyclic) bond motifs is 2. The number of quaternary nitrogens is 1. The molecule has 2 aliphatic heterocycles. The lowest BCUT2D eigenvalue weighted by Crippen LogP contribution is -3.10. The number of nitrogens with one attached hydrogen (secondary N) is 1. The largest absolute Gasteiger partial charge is 0.492 e. The van der Waals surface area contributed by atoms with Crippen LogP contribution in [0.4, 0.5) is 0 Å². The number of carbonyl (C=O) groups is 1. The summed E-state index contributed by atoms with van der Waals surface area (Å²) < 4.78 is 22.0. The highest BCUT2D eigenvalue weighted by atomic mass is 16.7. The van der Waals surface area contributed by atoms with Crippen molar-refractivity contribution in [3.05, 3.63) is 41.3 Å². The summed E-state index contributed by atoms with van der Waals surface area (Å²) in [5.74, 6) is 2.45. The van der Waals surface area contributed by atoms with E-state index in [4.69, 9.17) is 18.6 Å². The first-order valence-electron chi connectivity index (χ1n) is 8.07. The minimum atomic E-state index is -0.00389. The van der Waals surface area contributed by atoms with E-state index in [9.17, 15) is 4.79 Å². The van der Waals surface area contributed by atoms with Gasteiger partial charge in [0.2, 0.25) is 18.3 Å². The molecule has 0 radical (unpaired) electrons. The highest BCUT2D eigenvalue weighted by Gasteiger charge is 2.37. The average molecular weight is 330 g/mol. The van der Waals surface area contributed by atoms with Crippen molar-refractivity contribution in [2.45, 2.75) is 18.9 Å². The van der Waals surface area contributed by atoms with E-state index >= 15 is 0 Å². The maximum Gasteiger partial charge on any atom is 0.231 e. The average Bonchev–Trinajstić information content (AvgIpc) is 3.26. The van der Waals surface area contributed by atoms with E-state index in [-0.39, 0.29) is 18.6 Å². The number of hydrogen-bond donors (Lipinski definition) is 1. The number of ketones is 1. The molecule has 0 amide bonds. The number of benzene rings is 1. The second kappa shape index (κ2) is 5.87. The van der Waals surface area contributed by atoms with E-state index in [0.717, 1.165) is 24.3 Å². The van der Waals surface area contributed by atoms with Crippen LogP contribution < -0.4 is 19.1 Å². The van der Waals surface area contributed by atoms with Crippen molar-refractivity contribution in [3.8, 4) is 17.2 Å². The molecular formula is C18H20NO5+. The maximum absolute atomic E-state index is 12.6. The Balaban J connectivity index is 1.75. The van der Waals surface area contributed by atoms with Crippen LogP contribution in [0.2, 0.25) is 0 Å². The molecule has 0 bridgehead atoms. The molecule has 1 unspecified atom stereocenters. The van der Waals surface area contributed by atoms with Crippen LogP contribution in [-0.2, 0) is 6.42 Å². The summed E-state index contributed by atoms with van der Waals surface area (Å²) in [5.41, 5.74) is 2.21. The first-order valence-corrected chi connectivity index (χ1v) is 8.07. The number of furan rings is 1. The van der Waals surface area contributed by atoms with Gasteiger partial charge >= 0.3 is 0 Å². The van der Waals surface area contributed by atoms with E-state index in [0.29, 0.717) is 23.7 Å². The van der Waals surface area contributed by atoms with Gasteiger partial charge in [0.05, 0.1) is 38.9 Å².